The topological polar surface area (TPSA) is 88.3 Å². The van der Waals surface area contributed by atoms with Gasteiger partial charge >= 0.3 is 5.97 Å². The summed E-state index contributed by atoms with van der Waals surface area (Å²) in [5, 5.41) is 3.75. The first kappa shape index (κ1) is 21.8. The number of aryl methyl sites for hydroxylation is 2. The van der Waals surface area contributed by atoms with Crippen LogP contribution in [0.2, 0.25) is 0 Å². The molecule has 0 bridgehead atoms. The second-order valence-corrected chi connectivity index (χ2v) is 8.32. The Morgan fingerprint density at radius 2 is 1.81 bits per heavy atom. The SMILES string of the molecule is COC(=O)[C@@H](Cc1c[nH]c2ccccc12)NC(=O)CCC(=O)c1ccc2c(c1)CCCC2. The fraction of sp³-hybridized carbons (Fsp3) is 0.346. The third kappa shape index (κ3) is 4.90. The molecule has 3 aromatic rings. The number of ether oxygens (including phenoxy) is 1. The minimum Gasteiger partial charge on any atom is -0.467 e. The van der Waals surface area contributed by atoms with Crippen molar-refractivity contribution in [3.8, 4) is 0 Å². The molecule has 32 heavy (non-hydrogen) atoms. The number of nitrogens with one attached hydrogen (secondary N) is 2. The number of para-hydroxylation sites is 1. The number of amides is 1. The summed E-state index contributed by atoms with van der Waals surface area (Å²) in [6, 6.07) is 12.8. The summed E-state index contributed by atoms with van der Waals surface area (Å²) in [6.07, 6.45) is 6.69. The van der Waals surface area contributed by atoms with E-state index in [0.29, 0.717) is 12.0 Å². The fourth-order valence-electron chi connectivity index (χ4n) is 4.40. The number of hydrogen-bond acceptors (Lipinski definition) is 4. The van der Waals surface area contributed by atoms with Crippen molar-refractivity contribution in [1.29, 1.82) is 0 Å². The van der Waals surface area contributed by atoms with Crippen LogP contribution in [0.5, 0.6) is 0 Å². The summed E-state index contributed by atoms with van der Waals surface area (Å²) in [5.74, 6) is -0.907. The predicted molar refractivity (Wildman–Crippen MR) is 123 cm³/mol. The van der Waals surface area contributed by atoms with Crippen molar-refractivity contribution < 1.29 is 19.1 Å². The van der Waals surface area contributed by atoms with E-state index in [1.54, 1.807) is 0 Å². The number of Topliss-reactive ketones (excluding diaryl/α,β-unsaturated/α-hetero) is 1. The maximum absolute atomic E-state index is 12.6. The van der Waals surface area contributed by atoms with E-state index in [1.165, 1.54) is 24.7 Å². The number of H-pyrrole nitrogens is 1. The van der Waals surface area contributed by atoms with E-state index >= 15 is 0 Å². The number of carbonyl (C=O) groups excluding carboxylic acids is 3. The number of benzene rings is 2. The van der Waals surface area contributed by atoms with Gasteiger partial charge in [0.05, 0.1) is 7.11 Å². The van der Waals surface area contributed by atoms with Crippen LogP contribution in [0.4, 0.5) is 0 Å². The summed E-state index contributed by atoms with van der Waals surface area (Å²) < 4.78 is 4.89. The molecule has 166 valence electrons. The number of aromatic amines is 1. The Hall–Kier alpha value is -3.41. The Bertz CT molecular complexity index is 1150. The van der Waals surface area contributed by atoms with Gasteiger partial charge in [-0.25, -0.2) is 4.79 Å². The van der Waals surface area contributed by atoms with Gasteiger partial charge in [-0.2, -0.15) is 0 Å². The van der Waals surface area contributed by atoms with Gasteiger partial charge in [0.15, 0.2) is 5.78 Å². The number of esters is 1. The van der Waals surface area contributed by atoms with Crippen LogP contribution in [0.15, 0.2) is 48.7 Å². The zero-order valence-electron chi connectivity index (χ0n) is 18.3. The molecule has 2 aromatic carbocycles. The van der Waals surface area contributed by atoms with Gasteiger partial charge in [-0.15, -0.1) is 0 Å². The first-order valence-corrected chi connectivity index (χ1v) is 11.1. The largest absolute Gasteiger partial charge is 0.467 e. The highest BCUT2D eigenvalue weighted by molar-refractivity contribution is 5.98. The van der Waals surface area contributed by atoms with E-state index in [4.69, 9.17) is 4.74 Å². The lowest BCUT2D eigenvalue weighted by molar-refractivity contribution is -0.145. The van der Waals surface area contributed by atoms with Crippen LogP contribution in [0.3, 0.4) is 0 Å². The smallest absolute Gasteiger partial charge is 0.328 e. The number of hydrogen-bond donors (Lipinski definition) is 2. The Kier molecular flexibility index (Phi) is 6.69. The first-order valence-electron chi connectivity index (χ1n) is 11.1. The monoisotopic (exact) mass is 432 g/mol. The highest BCUT2D eigenvalue weighted by atomic mass is 16.5. The lowest BCUT2D eigenvalue weighted by Gasteiger charge is -2.17. The average molecular weight is 433 g/mol. The van der Waals surface area contributed by atoms with Crippen LogP contribution in [-0.2, 0) is 33.6 Å². The minimum absolute atomic E-state index is 0.0251. The second-order valence-electron chi connectivity index (χ2n) is 8.32. The third-order valence-electron chi connectivity index (χ3n) is 6.17. The van der Waals surface area contributed by atoms with Gasteiger partial charge in [-0.3, -0.25) is 9.59 Å². The standard InChI is InChI=1S/C26H28N2O4/c1-32-26(31)23(15-20-16-27-22-9-5-4-8-21(20)22)28-25(30)13-12-24(29)19-11-10-17-6-2-3-7-18(17)14-19/h4-5,8-11,14,16,23,27H,2-3,6-7,12-13,15H2,1H3,(H,28,30)/t23-/m1/s1. The molecule has 1 aromatic heterocycles. The van der Waals surface area contributed by atoms with Crippen molar-refractivity contribution >= 4 is 28.6 Å². The molecule has 0 fully saturated rings. The first-order chi connectivity index (χ1) is 15.5. The van der Waals surface area contributed by atoms with Crippen LogP contribution >= 0.6 is 0 Å². The molecule has 1 aliphatic rings. The van der Waals surface area contributed by atoms with E-state index in [-0.39, 0.29) is 24.5 Å². The molecule has 0 radical (unpaired) electrons. The van der Waals surface area contributed by atoms with Crippen LogP contribution in [0.25, 0.3) is 10.9 Å². The van der Waals surface area contributed by atoms with Crippen molar-refractivity contribution in [3.05, 3.63) is 70.9 Å². The number of aromatic nitrogens is 1. The van der Waals surface area contributed by atoms with Crippen LogP contribution < -0.4 is 5.32 Å². The number of ketones is 1. The molecule has 0 saturated heterocycles. The van der Waals surface area contributed by atoms with Crippen molar-refractivity contribution in [1.82, 2.24) is 10.3 Å². The molecule has 6 nitrogen and oxygen atoms in total. The molecule has 2 N–H and O–H groups in total. The molecular formula is C26H28N2O4. The molecular weight excluding hydrogens is 404 g/mol. The van der Waals surface area contributed by atoms with Gasteiger partial charge < -0.3 is 15.0 Å². The summed E-state index contributed by atoms with van der Waals surface area (Å²) >= 11 is 0. The molecule has 1 heterocycles. The number of fused-ring (bicyclic) bond motifs is 2. The molecule has 4 rings (SSSR count). The maximum atomic E-state index is 12.6. The molecule has 0 spiro atoms. The van der Waals surface area contributed by atoms with E-state index in [0.717, 1.165) is 35.7 Å². The average Bonchev–Trinajstić information content (AvgIpc) is 3.24. The Balaban J connectivity index is 1.37. The number of rotatable bonds is 8. The van der Waals surface area contributed by atoms with Crippen molar-refractivity contribution in [2.75, 3.05) is 7.11 Å². The molecule has 0 saturated carbocycles. The summed E-state index contributed by atoms with van der Waals surface area (Å²) in [7, 11) is 1.30. The molecule has 6 heteroatoms. The molecule has 1 aliphatic carbocycles. The van der Waals surface area contributed by atoms with E-state index < -0.39 is 12.0 Å². The lowest BCUT2D eigenvalue weighted by Crippen LogP contribution is -2.43. The van der Waals surface area contributed by atoms with Gasteiger partial charge in [0, 0.05) is 41.9 Å². The Morgan fingerprint density at radius 3 is 2.62 bits per heavy atom. The quantitative estimate of drug-likeness (QED) is 0.417. The van der Waals surface area contributed by atoms with E-state index in [9.17, 15) is 14.4 Å². The van der Waals surface area contributed by atoms with Crippen LogP contribution in [-0.4, -0.2) is 35.8 Å². The van der Waals surface area contributed by atoms with Crippen molar-refractivity contribution in [2.45, 2.75) is 51.0 Å². The molecule has 1 atom stereocenters. The summed E-state index contributed by atoms with van der Waals surface area (Å²) in [5.41, 5.74) is 5.11. The van der Waals surface area contributed by atoms with Gasteiger partial charge in [-0.05, 0) is 54.5 Å². The summed E-state index contributed by atoms with van der Waals surface area (Å²) in [4.78, 5) is 40.7. The third-order valence-corrected chi connectivity index (χ3v) is 6.17. The normalized spacial score (nSPS) is 13.9. The van der Waals surface area contributed by atoms with Crippen molar-refractivity contribution in [2.24, 2.45) is 0 Å². The minimum atomic E-state index is -0.814. The number of methoxy groups -OCH3 is 1. The molecule has 1 amide bonds. The Morgan fingerprint density at radius 1 is 1.03 bits per heavy atom. The van der Waals surface area contributed by atoms with Gasteiger partial charge in [-0.1, -0.05) is 30.3 Å². The van der Waals surface area contributed by atoms with Crippen LogP contribution in [0, 0.1) is 0 Å². The number of carbonyl (C=O) groups is 3. The fourth-order valence-corrected chi connectivity index (χ4v) is 4.40. The second kappa shape index (κ2) is 9.81. The highest BCUT2D eigenvalue weighted by Crippen LogP contribution is 2.23. The predicted octanol–water partition coefficient (Wildman–Crippen LogP) is 3.91. The molecule has 0 aliphatic heterocycles. The maximum Gasteiger partial charge on any atom is 0.328 e. The van der Waals surface area contributed by atoms with Crippen LogP contribution in [0.1, 0.15) is 52.7 Å². The highest BCUT2D eigenvalue weighted by Gasteiger charge is 2.24. The Labute approximate surface area is 187 Å². The van der Waals surface area contributed by atoms with Gasteiger partial charge in [0.2, 0.25) is 5.91 Å². The zero-order valence-corrected chi connectivity index (χ0v) is 18.3. The van der Waals surface area contributed by atoms with E-state index in [1.807, 2.05) is 48.7 Å². The summed E-state index contributed by atoms with van der Waals surface area (Å²) in [6.45, 7) is 0. The molecule has 0 unspecified atom stereocenters. The van der Waals surface area contributed by atoms with Gasteiger partial charge in [0.25, 0.3) is 0 Å². The lowest BCUT2D eigenvalue weighted by atomic mass is 9.89. The zero-order chi connectivity index (χ0) is 22.5. The van der Waals surface area contributed by atoms with E-state index in [2.05, 4.69) is 10.3 Å². The van der Waals surface area contributed by atoms with Gasteiger partial charge in [0.1, 0.15) is 6.04 Å². The van der Waals surface area contributed by atoms with Crippen molar-refractivity contribution in [3.63, 3.8) is 0 Å².